The number of rotatable bonds is 8. The van der Waals surface area contributed by atoms with Crippen LogP contribution >= 0.6 is 11.3 Å². The van der Waals surface area contributed by atoms with Gasteiger partial charge in [0.1, 0.15) is 18.0 Å². The average molecular weight is 558 g/mol. The van der Waals surface area contributed by atoms with Crippen molar-refractivity contribution < 1.29 is 37.2 Å². The number of thiazole rings is 1. The monoisotopic (exact) mass is 557 g/mol. The van der Waals surface area contributed by atoms with E-state index in [1.807, 2.05) is 0 Å². The number of piperazine rings is 1. The molecule has 0 radical (unpaired) electrons. The third kappa shape index (κ3) is 5.94. The average Bonchev–Trinajstić information content (AvgIpc) is 3.47. The summed E-state index contributed by atoms with van der Waals surface area (Å²) in [5, 5.41) is 15.5. The quantitative estimate of drug-likeness (QED) is 0.281. The molecule has 0 unspecified atom stereocenters. The van der Waals surface area contributed by atoms with Crippen molar-refractivity contribution >= 4 is 50.8 Å². The normalized spacial score (nSPS) is 17.9. The second-order valence-electron chi connectivity index (χ2n) is 8.48. The van der Waals surface area contributed by atoms with Crippen LogP contribution in [-0.2, 0) is 14.3 Å². The Balaban J connectivity index is 1.37. The Morgan fingerprint density at radius 1 is 1.24 bits per heavy atom. The standard InChI is InChI=1S/C21H22F3N7O6S/c1-11(32)25-7-12-9-30(21(34)37-12)14-6-13(22)19(18(24)17(14)23)29-4-2-28(3-5-29)10-15(33)27-20-26-8-16(38-20)31(35)36/h6,8,12H,2-5,7,9-10H2,1H3,(H,25,32)(H,26,27,33)/t12-/m0/s1. The highest BCUT2D eigenvalue weighted by Gasteiger charge is 2.37. The molecule has 2 aromatic rings. The van der Waals surface area contributed by atoms with Gasteiger partial charge in [0.15, 0.2) is 22.6 Å². The van der Waals surface area contributed by atoms with E-state index in [-0.39, 0.29) is 61.9 Å². The van der Waals surface area contributed by atoms with Gasteiger partial charge in [0.2, 0.25) is 11.8 Å². The summed E-state index contributed by atoms with van der Waals surface area (Å²) in [6.07, 6.45) is -0.777. The van der Waals surface area contributed by atoms with Crippen molar-refractivity contribution in [2.75, 3.05) is 60.9 Å². The van der Waals surface area contributed by atoms with E-state index < -0.39 is 51.9 Å². The molecule has 4 rings (SSSR count). The number of amides is 3. The Labute approximate surface area is 217 Å². The number of hydrogen-bond acceptors (Lipinski definition) is 10. The number of nitrogens with one attached hydrogen (secondary N) is 2. The fraction of sp³-hybridized carbons (Fsp3) is 0.429. The maximum absolute atomic E-state index is 15.0. The number of benzene rings is 1. The third-order valence-corrected chi connectivity index (χ3v) is 6.70. The van der Waals surface area contributed by atoms with Crippen molar-refractivity contribution in [3.8, 4) is 0 Å². The number of carbonyl (C=O) groups is 3. The minimum Gasteiger partial charge on any atom is -0.442 e. The molecule has 1 atom stereocenters. The minimum absolute atomic E-state index is 0.0334. The van der Waals surface area contributed by atoms with Crippen LogP contribution in [0, 0.1) is 27.6 Å². The number of hydrogen-bond donors (Lipinski definition) is 2. The lowest BCUT2D eigenvalue weighted by Gasteiger charge is -2.36. The van der Waals surface area contributed by atoms with Crippen molar-refractivity contribution in [1.29, 1.82) is 0 Å². The number of nitrogens with zero attached hydrogens (tertiary/aromatic N) is 5. The molecule has 0 saturated carbocycles. The zero-order valence-electron chi connectivity index (χ0n) is 19.9. The van der Waals surface area contributed by atoms with Crippen molar-refractivity contribution in [2.45, 2.75) is 13.0 Å². The Bertz CT molecular complexity index is 1270. The van der Waals surface area contributed by atoms with Gasteiger partial charge in [0, 0.05) is 39.2 Å². The number of aromatic nitrogens is 1. The fourth-order valence-corrected chi connectivity index (χ4v) is 4.69. The van der Waals surface area contributed by atoms with Crippen molar-refractivity contribution in [3.05, 3.63) is 39.8 Å². The van der Waals surface area contributed by atoms with Gasteiger partial charge < -0.3 is 20.3 Å². The molecule has 204 valence electrons. The predicted molar refractivity (Wildman–Crippen MR) is 129 cm³/mol. The van der Waals surface area contributed by atoms with Gasteiger partial charge in [-0.3, -0.25) is 29.5 Å². The lowest BCUT2D eigenvalue weighted by Crippen LogP contribution is -2.49. The van der Waals surface area contributed by atoms with Gasteiger partial charge in [-0.15, -0.1) is 0 Å². The Kier molecular flexibility index (Phi) is 7.96. The molecule has 1 aromatic carbocycles. The Morgan fingerprint density at radius 3 is 2.58 bits per heavy atom. The van der Waals surface area contributed by atoms with Crippen molar-refractivity contribution in [3.63, 3.8) is 0 Å². The zero-order valence-corrected chi connectivity index (χ0v) is 20.7. The molecule has 3 heterocycles. The molecular weight excluding hydrogens is 535 g/mol. The molecule has 0 bridgehead atoms. The molecule has 2 aliphatic rings. The van der Waals surface area contributed by atoms with Crippen molar-refractivity contribution in [2.24, 2.45) is 0 Å². The number of carbonyl (C=O) groups excluding carboxylic acids is 3. The zero-order chi connectivity index (χ0) is 27.6. The molecule has 2 fully saturated rings. The lowest BCUT2D eigenvalue weighted by atomic mass is 10.1. The van der Waals surface area contributed by atoms with E-state index in [1.165, 1.54) is 11.8 Å². The van der Waals surface area contributed by atoms with Gasteiger partial charge in [-0.05, 0) is 11.3 Å². The van der Waals surface area contributed by atoms with Crippen LogP contribution in [0.5, 0.6) is 0 Å². The maximum Gasteiger partial charge on any atom is 0.414 e. The molecular formula is C21H22F3N7O6S. The first-order valence-corrected chi connectivity index (χ1v) is 12.1. The first-order valence-electron chi connectivity index (χ1n) is 11.3. The molecule has 3 amide bonds. The van der Waals surface area contributed by atoms with Crippen LogP contribution in [0.1, 0.15) is 6.92 Å². The first kappa shape index (κ1) is 27.1. The molecule has 2 saturated heterocycles. The molecule has 2 aliphatic heterocycles. The van der Waals surface area contributed by atoms with E-state index >= 15 is 4.39 Å². The number of anilines is 3. The number of halogens is 3. The van der Waals surface area contributed by atoms with Gasteiger partial charge in [-0.2, -0.15) is 0 Å². The summed E-state index contributed by atoms with van der Waals surface area (Å²) in [4.78, 5) is 53.1. The number of ether oxygens (including phenoxy) is 1. The minimum atomic E-state index is -1.46. The predicted octanol–water partition coefficient (Wildman–Crippen LogP) is 1.69. The summed E-state index contributed by atoms with van der Waals surface area (Å²) >= 11 is 0.711. The molecule has 0 aliphatic carbocycles. The highest BCUT2D eigenvalue weighted by Crippen LogP contribution is 2.34. The highest BCUT2D eigenvalue weighted by molar-refractivity contribution is 7.18. The van der Waals surface area contributed by atoms with Crippen LogP contribution in [-0.4, -0.2) is 84.6 Å². The van der Waals surface area contributed by atoms with Crippen molar-refractivity contribution in [1.82, 2.24) is 15.2 Å². The van der Waals surface area contributed by atoms with Crippen LogP contribution in [0.25, 0.3) is 0 Å². The molecule has 2 N–H and O–H groups in total. The Hall–Kier alpha value is -3.99. The Morgan fingerprint density at radius 2 is 1.95 bits per heavy atom. The van der Waals surface area contributed by atoms with Gasteiger partial charge in [-0.1, -0.05) is 0 Å². The van der Waals surface area contributed by atoms with Crippen LogP contribution in [0.2, 0.25) is 0 Å². The van der Waals surface area contributed by atoms with Crippen LogP contribution in [0.4, 0.5) is 39.5 Å². The van der Waals surface area contributed by atoms with Crippen LogP contribution in [0.3, 0.4) is 0 Å². The topological polar surface area (TPSA) is 150 Å². The smallest absolute Gasteiger partial charge is 0.414 e. The van der Waals surface area contributed by atoms with E-state index in [0.717, 1.165) is 17.2 Å². The summed E-state index contributed by atoms with van der Waals surface area (Å²) in [7, 11) is 0. The molecule has 1 aromatic heterocycles. The molecule has 38 heavy (non-hydrogen) atoms. The van der Waals surface area contributed by atoms with Gasteiger partial charge >= 0.3 is 11.1 Å². The second-order valence-corrected chi connectivity index (χ2v) is 9.49. The second kappa shape index (κ2) is 11.2. The summed E-state index contributed by atoms with van der Waals surface area (Å²) in [5.41, 5.74) is -1.20. The summed E-state index contributed by atoms with van der Waals surface area (Å²) < 4.78 is 50.0. The molecule has 0 spiro atoms. The van der Waals surface area contributed by atoms with E-state index in [9.17, 15) is 33.3 Å². The van der Waals surface area contributed by atoms with Gasteiger partial charge in [-0.25, -0.2) is 22.9 Å². The fourth-order valence-electron chi connectivity index (χ4n) is 4.04. The third-order valence-electron chi connectivity index (χ3n) is 5.83. The van der Waals surface area contributed by atoms with Gasteiger partial charge in [0.25, 0.3) is 0 Å². The lowest BCUT2D eigenvalue weighted by molar-refractivity contribution is -0.380. The van der Waals surface area contributed by atoms with Crippen LogP contribution in [0.15, 0.2) is 12.3 Å². The molecule has 17 heteroatoms. The highest BCUT2D eigenvalue weighted by atomic mass is 32.1. The first-order chi connectivity index (χ1) is 18.0. The molecule has 13 nitrogen and oxygen atoms in total. The number of nitro groups is 1. The summed E-state index contributed by atoms with van der Waals surface area (Å²) in [5.74, 6) is -4.79. The SMILES string of the molecule is CC(=O)NC[C@H]1CN(c2cc(F)c(N3CCN(CC(=O)Nc4ncc([N+](=O)[O-])s4)CC3)c(F)c2F)C(=O)O1. The van der Waals surface area contributed by atoms with E-state index in [2.05, 4.69) is 15.6 Å². The van der Waals surface area contributed by atoms with Crippen LogP contribution < -0.4 is 20.4 Å². The summed E-state index contributed by atoms with van der Waals surface area (Å²) in [6, 6.07) is 0.725. The van der Waals surface area contributed by atoms with E-state index in [1.54, 1.807) is 4.90 Å². The van der Waals surface area contributed by atoms with E-state index in [0.29, 0.717) is 11.3 Å². The van der Waals surface area contributed by atoms with Gasteiger partial charge in [0.05, 0.1) is 30.2 Å². The maximum atomic E-state index is 15.0. The van der Waals surface area contributed by atoms with E-state index in [4.69, 9.17) is 4.74 Å². The largest absolute Gasteiger partial charge is 0.442 e. The summed E-state index contributed by atoms with van der Waals surface area (Å²) in [6.45, 7) is 1.53. The number of cyclic esters (lactones) is 1.